The molecule has 0 aliphatic heterocycles. The zero-order valence-corrected chi connectivity index (χ0v) is 9.24. The van der Waals surface area contributed by atoms with Crippen molar-refractivity contribution >= 4 is 11.3 Å². The molecule has 0 radical (unpaired) electrons. The molecular formula is C10H16N2S. The average molecular weight is 196 g/mol. The first-order chi connectivity index (χ1) is 5.98. The van der Waals surface area contributed by atoms with E-state index < -0.39 is 0 Å². The van der Waals surface area contributed by atoms with E-state index in [0.29, 0.717) is 5.41 Å². The van der Waals surface area contributed by atoms with E-state index in [1.165, 1.54) is 4.88 Å². The fourth-order valence-corrected chi connectivity index (χ4v) is 3.37. The molecule has 0 spiro atoms. The highest BCUT2D eigenvalue weighted by molar-refractivity contribution is 7.11. The molecule has 1 aromatic heterocycles. The van der Waals surface area contributed by atoms with Gasteiger partial charge in [0.05, 0.1) is 10.7 Å². The molecule has 0 bridgehead atoms. The van der Waals surface area contributed by atoms with Gasteiger partial charge < -0.3 is 5.73 Å². The molecule has 13 heavy (non-hydrogen) atoms. The molecule has 72 valence electrons. The minimum Gasteiger partial charge on any atom is -0.323 e. The lowest BCUT2D eigenvalue weighted by molar-refractivity contribution is 0.283. The Kier molecular flexibility index (Phi) is 1.96. The molecule has 1 aliphatic rings. The normalized spacial score (nSPS) is 25.7. The first kappa shape index (κ1) is 9.16. The third-order valence-electron chi connectivity index (χ3n) is 2.60. The van der Waals surface area contributed by atoms with Crippen LogP contribution < -0.4 is 5.73 Å². The molecule has 1 heterocycles. The van der Waals surface area contributed by atoms with Gasteiger partial charge in [-0.3, -0.25) is 0 Å². The van der Waals surface area contributed by atoms with Gasteiger partial charge in [0.2, 0.25) is 0 Å². The highest BCUT2D eigenvalue weighted by atomic mass is 32.1. The fourth-order valence-electron chi connectivity index (χ4n) is 2.10. The lowest BCUT2D eigenvalue weighted by Gasteiger charge is -2.32. The van der Waals surface area contributed by atoms with E-state index in [1.54, 1.807) is 11.3 Å². The highest BCUT2D eigenvalue weighted by Gasteiger charge is 2.32. The maximum absolute atomic E-state index is 6.08. The van der Waals surface area contributed by atoms with Gasteiger partial charge in [-0.1, -0.05) is 13.8 Å². The first-order valence-electron chi connectivity index (χ1n) is 4.70. The molecule has 1 atom stereocenters. The molecule has 1 aromatic rings. The smallest absolute Gasteiger partial charge is 0.0900 e. The van der Waals surface area contributed by atoms with Gasteiger partial charge in [-0.2, -0.15) is 0 Å². The van der Waals surface area contributed by atoms with Gasteiger partial charge in [-0.25, -0.2) is 4.98 Å². The second-order valence-corrected chi connectivity index (χ2v) is 5.98. The topological polar surface area (TPSA) is 38.9 Å². The van der Waals surface area contributed by atoms with E-state index in [2.05, 4.69) is 25.8 Å². The third kappa shape index (κ3) is 1.63. The molecule has 0 saturated carbocycles. The molecular weight excluding hydrogens is 180 g/mol. The van der Waals surface area contributed by atoms with Crippen molar-refractivity contribution in [2.24, 2.45) is 11.1 Å². The van der Waals surface area contributed by atoms with Crippen LogP contribution in [0, 0.1) is 12.3 Å². The molecule has 0 saturated heterocycles. The molecule has 2 rings (SSSR count). The van der Waals surface area contributed by atoms with Crippen LogP contribution in [0.3, 0.4) is 0 Å². The van der Waals surface area contributed by atoms with Crippen molar-refractivity contribution in [1.82, 2.24) is 4.98 Å². The predicted octanol–water partition coefficient (Wildman–Crippen LogP) is 2.42. The van der Waals surface area contributed by atoms with Gasteiger partial charge in [-0.05, 0) is 25.2 Å². The Morgan fingerprint density at radius 2 is 2.23 bits per heavy atom. The van der Waals surface area contributed by atoms with Gasteiger partial charge in [0.15, 0.2) is 0 Å². The molecule has 0 amide bonds. The minimum atomic E-state index is 0.156. The minimum absolute atomic E-state index is 0.156. The number of rotatable bonds is 0. The summed E-state index contributed by atoms with van der Waals surface area (Å²) < 4.78 is 0. The lowest BCUT2D eigenvalue weighted by Crippen LogP contribution is -2.29. The maximum atomic E-state index is 6.08. The Labute approximate surface area is 83.2 Å². The summed E-state index contributed by atoms with van der Waals surface area (Å²) in [5.41, 5.74) is 7.59. The highest BCUT2D eigenvalue weighted by Crippen LogP contribution is 2.41. The molecule has 2 nitrogen and oxygen atoms in total. The summed E-state index contributed by atoms with van der Waals surface area (Å²) in [5, 5.41) is 1.15. The van der Waals surface area contributed by atoms with Crippen LogP contribution in [0.5, 0.6) is 0 Å². The van der Waals surface area contributed by atoms with Gasteiger partial charge >= 0.3 is 0 Å². The van der Waals surface area contributed by atoms with E-state index in [0.717, 1.165) is 23.5 Å². The van der Waals surface area contributed by atoms with Gasteiger partial charge in [0.25, 0.3) is 0 Å². The standard InChI is InChI=1S/C10H16N2S/c1-6-12-9-7(11)4-10(2,3)5-8(9)13-6/h7H,4-5,11H2,1-3H3. The third-order valence-corrected chi connectivity index (χ3v) is 3.58. The summed E-state index contributed by atoms with van der Waals surface area (Å²) in [6.45, 7) is 6.62. The number of aromatic nitrogens is 1. The molecule has 2 N–H and O–H groups in total. The first-order valence-corrected chi connectivity index (χ1v) is 5.51. The molecule has 1 aliphatic carbocycles. The number of nitrogens with two attached hydrogens (primary N) is 1. The Morgan fingerprint density at radius 3 is 2.92 bits per heavy atom. The number of nitrogens with zero attached hydrogens (tertiary/aromatic N) is 1. The zero-order chi connectivity index (χ0) is 9.64. The summed E-state index contributed by atoms with van der Waals surface area (Å²) >= 11 is 1.81. The number of hydrogen-bond acceptors (Lipinski definition) is 3. The van der Waals surface area contributed by atoms with Crippen LogP contribution in [0.25, 0.3) is 0 Å². The second kappa shape index (κ2) is 2.79. The fraction of sp³-hybridized carbons (Fsp3) is 0.700. The Hall–Kier alpha value is -0.410. The van der Waals surface area contributed by atoms with E-state index >= 15 is 0 Å². The van der Waals surface area contributed by atoms with Crippen molar-refractivity contribution < 1.29 is 0 Å². The largest absolute Gasteiger partial charge is 0.323 e. The quantitative estimate of drug-likeness (QED) is 0.692. The van der Waals surface area contributed by atoms with Crippen LogP contribution >= 0.6 is 11.3 Å². The SMILES string of the molecule is Cc1nc2c(s1)CC(C)(C)CC2N. The second-order valence-electron chi connectivity index (χ2n) is 4.69. The van der Waals surface area contributed by atoms with Crippen LogP contribution in [-0.2, 0) is 6.42 Å². The monoisotopic (exact) mass is 196 g/mol. The molecule has 0 aromatic carbocycles. The van der Waals surface area contributed by atoms with Crippen molar-refractivity contribution in [3.8, 4) is 0 Å². The van der Waals surface area contributed by atoms with Crippen molar-refractivity contribution in [1.29, 1.82) is 0 Å². The van der Waals surface area contributed by atoms with E-state index in [9.17, 15) is 0 Å². The van der Waals surface area contributed by atoms with Crippen LogP contribution in [0.15, 0.2) is 0 Å². The average Bonchev–Trinajstić information content (AvgIpc) is 2.27. The van der Waals surface area contributed by atoms with Crippen molar-refractivity contribution in [2.45, 2.75) is 39.7 Å². The number of aryl methyl sites for hydroxylation is 1. The van der Waals surface area contributed by atoms with Gasteiger partial charge in [-0.15, -0.1) is 11.3 Å². The molecule has 3 heteroatoms. The number of hydrogen-bond donors (Lipinski definition) is 1. The van der Waals surface area contributed by atoms with Crippen LogP contribution in [0.2, 0.25) is 0 Å². The van der Waals surface area contributed by atoms with Crippen LogP contribution in [0.1, 0.15) is 41.9 Å². The van der Waals surface area contributed by atoms with E-state index in [4.69, 9.17) is 5.73 Å². The lowest BCUT2D eigenvalue weighted by atomic mass is 9.77. The summed E-state index contributed by atoms with van der Waals surface area (Å²) in [6.07, 6.45) is 2.20. The Bertz CT molecular complexity index is 328. The molecule has 1 unspecified atom stereocenters. The van der Waals surface area contributed by atoms with Crippen molar-refractivity contribution in [3.05, 3.63) is 15.6 Å². The van der Waals surface area contributed by atoms with E-state index in [1.807, 2.05) is 0 Å². The zero-order valence-electron chi connectivity index (χ0n) is 8.42. The summed E-state index contributed by atoms with van der Waals surface area (Å²) in [5.74, 6) is 0. The van der Waals surface area contributed by atoms with Crippen LogP contribution in [0.4, 0.5) is 0 Å². The number of thiazole rings is 1. The van der Waals surface area contributed by atoms with Crippen molar-refractivity contribution in [2.75, 3.05) is 0 Å². The Morgan fingerprint density at radius 1 is 1.54 bits per heavy atom. The predicted molar refractivity (Wildman–Crippen MR) is 55.9 cm³/mol. The number of fused-ring (bicyclic) bond motifs is 1. The maximum Gasteiger partial charge on any atom is 0.0900 e. The summed E-state index contributed by atoms with van der Waals surface area (Å²) in [6, 6.07) is 0.156. The van der Waals surface area contributed by atoms with Gasteiger partial charge in [0, 0.05) is 10.9 Å². The Balaban J connectivity index is 2.42. The summed E-state index contributed by atoms with van der Waals surface area (Å²) in [4.78, 5) is 5.90. The van der Waals surface area contributed by atoms with E-state index in [-0.39, 0.29) is 6.04 Å². The van der Waals surface area contributed by atoms with Crippen molar-refractivity contribution in [3.63, 3.8) is 0 Å². The van der Waals surface area contributed by atoms with Gasteiger partial charge in [0.1, 0.15) is 0 Å². The molecule has 0 fully saturated rings. The summed E-state index contributed by atoms with van der Waals surface area (Å²) in [7, 11) is 0. The van der Waals surface area contributed by atoms with Crippen LogP contribution in [-0.4, -0.2) is 4.98 Å².